The van der Waals surface area contributed by atoms with Gasteiger partial charge in [-0.1, -0.05) is 6.92 Å². The lowest BCUT2D eigenvalue weighted by molar-refractivity contribution is -0.130. The minimum Gasteiger partial charge on any atom is -0.375 e. The Balaban J connectivity index is 2.58. The van der Waals surface area contributed by atoms with Gasteiger partial charge in [-0.15, -0.1) is 0 Å². The zero-order valence-corrected chi connectivity index (χ0v) is 11.2. The third kappa shape index (κ3) is 3.29. The molecule has 2 atom stereocenters. The van der Waals surface area contributed by atoms with E-state index in [2.05, 4.69) is 25.7 Å². The molecule has 0 aromatic carbocycles. The van der Waals surface area contributed by atoms with Crippen molar-refractivity contribution in [3.8, 4) is 0 Å². The van der Waals surface area contributed by atoms with Crippen LogP contribution in [0.25, 0.3) is 0 Å². The number of hydrogen-bond donors (Lipinski definition) is 0. The molecule has 0 aliphatic carbocycles. The minimum atomic E-state index is -0.122. The molecule has 3 nitrogen and oxygen atoms in total. The van der Waals surface area contributed by atoms with Crippen molar-refractivity contribution in [1.29, 1.82) is 0 Å². The number of likely N-dealkylation sites (tertiary alicyclic amines) is 1. The monoisotopic (exact) mass is 227 g/mol. The summed E-state index contributed by atoms with van der Waals surface area (Å²) in [5, 5.41) is 0. The van der Waals surface area contributed by atoms with Gasteiger partial charge in [-0.05, 0) is 27.7 Å². The highest BCUT2D eigenvalue weighted by atomic mass is 16.5. The lowest BCUT2D eigenvalue weighted by Crippen LogP contribution is -2.52. The summed E-state index contributed by atoms with van der Waals surface area (Å²) in [4.78, 5) is 14.0. The van der Waals surface area contributed by atoms with Crippen molar-refractivity contribution in [2.45, 2.75) is 52.7 Å². The van der Waals surface area contributed by atoms with Crippen molar-refractivity contribution >= 4 is 5.78 Å². The minimum absolute atomic E-state index is 0.122. The van der Waals surface area contributed by atoms with Crippen LogP contribution in [0, 0.1) is 5.92 Å². The Morgan fingerprint density at radius 2 is 2.06 bits per heavy atom. The zero-order valence-electron chi connectivity index (χ0n) is 11.2. The Labute approximate surface area is 99.1 Å². The summed E-state index contributed by atoms with van der Waals surface area (Å²) in [5.41, 5.74) is -0.122. The second-order valence-corrected chi connectivity index (χ2v) is 5.41. The van der Waals surface area contributed by atoms with Gasteiger partial charge in [0.1, 0.15) is 5.78 Å². The molecule has 2 unspecified atom stereocenters. The molecule has 1 saturated heterocycles. The molecule has 1 fully saturated rings. The fourth-order valence-electron chi connectivity index (χ4n) is 2.42. The van der Waals surface area contributed by atoms with E-state index in [9.17, 15) is 4.79 Å². The van der Waals surface area contributed by atoms with Crippen LogP contribution in [-0.4, -0.2) is 42.0 Å². The molecule has 1 rings (SSSR count). The summed E-state index contributed by atoms with van der Waals surface area (Å²) >= 11 is 0. The molecule has 0 radical (unpaired) electrons. The number of carbonyl (C=O) groups excluding carboxylic acids is 1. The van der Waals surface area contributed by atoms with E-state index in [-0.39, 0.29) is 11.5 Å². The molecular formula is C13H25NO2. The first-order valence-corrected chi connectivity index (χ1v) is 6.28. The maximum absolute atomic E-state index is 11.6. The van der Waals surface area contributed by atoms with Crippen LogP contribution >= 0.6 is 0 Å². The van der Waals surface area contributed by atoms with Crippen LogP contribution in [0.1, 0.15) is 41.0 Å². The van der Waals surface area contributed by atoms with Gasteiger partial charge >= 0.3 is 0 Å². The zero-order chi connectivity index (χ0) is 12.3. The second-order valence-electron chi connectivity index (χ2n) is 5.41. The summed E-state index contributed by atoms with van der Waals surface area (Å²) in [7, 11) is 0. The smallest absolute Gasteiger partial charge is 0.138 e. The number of piperidine rings is 1. The molecule has 1 heterocycles. The van der Waals surface area contributed by atoms with Gasteiger partial charge in [0.2, 0.25) is 0 Å². The molecule has 0 amide bonds. The first-order chi connectivity index (χ1) is 7.37. The van der Waals surface area contributed by atoms with Gasteiger partial charge in [0.15, 0.2) is 0 Å². The highest BCUT2D eigenvalue weighted by Crippen LogP contribution is 2.23. The molecule has 1 aliphatic heterocycles. The van der Waals surface area contributed by atoms with Crippen molar-refractivity contribution in [2.24, 2.45) is 5.92 Å². The first kappa shape index (κ1) is 13.7. The number of ketones is 1. The van der Waals surface area contributed by atoms with Crippen LogP contribution in [0.5, 0.6) is 0 Å². The number of Topliss-reactive ketones (excluding diaryl/α,β-unsaturated/α-hetero) is 1. The van der Waals surface area contributed by atoms with E-state index < -0.39 is 0 Å². The summed E-state index contributed by atoms with van der Waals surface area (Å²) in [6.45, 7) is 12.9. The molecule has 0 aromatic heterocycles. The molecule has 0 spiro atoms. The van der Waals surface area contributed by atoms with E-state index in [0.717, 1.165) is 19.7 Å². The third-order valence-corrected chi connectivity index (χ3v) is 3.57. The lowest BCUT2D eigenvalue weighted by atomic mass is 9.89. The number of rotatable bonds is 4. The molecule has 0 aromatic rings. The average molecular weight is 227 g/mol. The van der Waals surface area contributed by atoms with Gasteiger partial charge in [0.05, 0.1) is 5.60 Å². The number of carbonyl (C=O) groups is 1. The molecule has 94 valence electrons. The fourth-order valence-corrected chi connectivity index (χ4v) is 2.42. The van der Waals surface area contributed by atoms with Crippen molar-refractivity contribution in [1.82, 2.24) is 4.90 Å². The topological polar surface area (TPSA) is 29.5 Å². The van der Waals surface area contributed by atoms with Crippen LogP contribution in [0.4, 0.5) is 0 Å². The highest BCUT2D eigenvalue weighted by molar-refractivity contribution is 5.82. The third-order valence-electron chi connectivity index (χ3n) is 3.57. The van der Waals surface area contributed by atoms with Crippen molar-refractivity contribution in [2.75, 3.05) is 19.7 Å². The standard InChI is InChI=1S/C13H25NO2/c1-6-16-13(4,5)9-14-8-7-12(15)10(2)11(14)3/h10-11H,6-9H2,1-5H3. The average Bonchev–Trinajstić information content (AvgIpc) is 2.19. The van der Waals surface area contributed by atoms with E-state index >= 15 is 0 Å². The number of hydrogen-bond acceptors (Lipinski definition) is 3. The summed E-state index contributed by atoms with van der Waals surface area (Å²) in [6, 6.07) is 0.334. The van der Waals surface area contributed by atoms with Crippen LogP contribution in [0.2, 0.25) is 0 Å². The molecule has 0 saturated carbocycles. The summed E-state index contributed by atoms with van der Waals surface area (Å²) in [6.07, 6.45) is 0.688. The predicted molar refractivity (Wildman–Crippen MR) is 65.5 cm³/mol. The second kappa shape index (κ2) is 5.28. The molecule has 16 heavy (non-hydrogen) atoms. The lowest BCUT2D eigenvalue weighted by Gasteiger charge is -2.41. The van der Waals surface area contributed by atoms with Crippen LogP contribution < -0.4 is 0 Å². The van der Waals surface area contributed by atoms with Crippen molar-refractivity contribution in [3.63, 3.8) is 0 Å². The van der Waals surface area contributed by atoms with E-state index in [4.69, 9.17) is 4.74 Å². The van der Waals surface area contributed by atoms with Gasteiger partial charge in [-0.3, -0.25) is 9.69 Å². The van der Waals surface area contributed by atoms with Gasteiger partial charge in [0.25, 0.3) is 0 Å². The number of ether oxygens (including phenoxy) is 1. The highest BCUT2D eigenvalue weighted by Gasteiger charge is 2.33. The quantitative estimate of drug-likeness (QED) is 0.736. The van der Waals surface area contributed by atoms with Gasteiger partial charge < -0.3 is 4.74 Å². The normalized spacial score (nSPS) is 28.4. The van der Waals surface area contributed by atoms with E-state index in [0.29, 0.717) is 18.2 Å². The predicted octanol–water partition coefficient (Wildman–Crippen LogP) is 2.10. The van der Waals surface area contributed by atoms with E-state index in [1.54, 1.807) is 0 Å². The molecule has 0 bridgehead atoms. The van der Waals surface area contributed by atoms with Crippen LogP contribution in [-0.2, 0) is 9.53 Å². The van der Waals surface area contributed by atoms with Gasteiger partial charge in [0, 0.05) is 38.1 Å². The van der Waals surface area contributed by atoms with Crippen molar-refractivity contribution in [3.05, 3.63) is 0 Å². The summed E-state index contributed by atoms with van der Waals surface area (Å²) in [5.74, 6) is 0.559. The van der Waals surface area contributed by atoms with E-state index in [1.165, 1.54) is 0 Å². The molecule has 0 N–H and O–H groups in total. The van der Waals surface area contributed by atoms with Gasteiger partial charge in [-0.2, -0.15) is 0 Å². The molecular weight excluding hydrogens is 202 g/mol. The Morgan fingerprint density at radius 3 is 2.62 bits per heavy atom. The molecule has 3 heteroatoms. The first-order valence-electron chi connectivity index (χ1n) is 6.28. The fraction of sp³-hybridized carbons (Fsp3) is 0.923. The largest absolute Gasteiger partial charge is 0.375 e. The Kier molecular flexibility index (Phi) is 4.51. The van der Waals surface area contributed by atoms with Crippen LogP contribution in [0.15, 0.2) is 0 Å². The Hall–Kier alpha value is -0.410. The Morgan fingerprint density at radius 1 is 1.44 bits per heavy atom. The maximum Gasteiger partial charge on any atom is 0.138 e. The van der Waals surface area contributed by atoms with Crippen molar-refractivity contribution < 1.29 is 9.53 Å². The van der Waals surface area contributed by atoms with Gasteiger partial charge in [-0.25, -0.2) is 0 Å². The maximum atomic E-state index is 11.6. The number of nitrogens with zero attached hydrogens (tertiary/aromatic N) is 1. The Bertz CT molecular complexity index is 250. The molecule has 1 aliphatic rings. The summed E-state index contributed by atoms with van der Waals surface area (Å²) < 4.78 is 5.72. The SMILES string of the molecule is CCOC(C)(C)CN1CCC(=O)C(C)C1C. The van der Waals surface area contributed by atoms with Crippen LogP contribution in [0.3, 0.4) is 0 Å². The van der Waals surface area contributed by atoms with E-state index in [1.807, 2.05) is 13.8 Å².